The van der Waals surface area contributed by atoms with Crippen molar-refractivity contribution < 1.29 is 9.53 Å². The van der Waals surface area contributed by atoms with Gasteiger partial charge in [-0.1, -0.05) is 29.8 Å². The van der Waals surface area contributed by atoms with Gasteiger partial charge in [-0.25, -0.2) is 0 Å². The zero-order chi connectivity index (χ0) is 17.8. The number of carbonyl (C=O) groups is 1. The quantitative estimate of drug-likeness (QED) is 0.823. The van der Waals surface area contributed by atoms with E-state index in [1.807, 2.05) is 0 Å². The SMILES string of the molecule is Cc1ccc(CCC(=O)N2CCCC2CN2CC(C)OC(C)C2)cc1. The van der Waals surface area contributed by atoms with Crippen LogP contribution in [0.1, 0.15) is 44.2 Å². The molecule has 4 nitrogen and oxygen atoms in total. The number of carbonyl (C=O) groups excluding carboxylic acids is 1. The van der Waals surface area contributed by atoms with E-state index in [1.54, 1.807) is 0 Å². The van der Waals surface area contributed by atoms with Gasteiger partial charge < -0.3 is 9.64 Å². The normalized spacial score (nSPS) is 27.6. The van der Waals surface area contributed by atoms with Crippen molar-refractivity contribution in [3.63, 3.8) is 0 Å². The highest BCUT2D eigenvalue weighted by Gasteiger charge is 2.32. The summed E-state index contributed by atoms with van der Waals surface area (Å²) in [6.45, 7) is 10.3. The fourth-order valence-electron chi connectivity index (χ4n) is 4.23. The number of hydrogen-bond donors (Lipinski definition) is 0. The van der Waals surface area contributed by atoms with Crippen molar-refractivity contribution in [3.05, 3.63) is 35.4 Å². The second-order valence-corrected chi connectivity index (χ2v) is 7.84. The molecule has 3 atom stereocenters. The number of benzene rings is 1. The van der Waals surface area contributed by atoms with E-state index >= 15 is 0 Å². The molecule has 25 heavy (non-hydrogen) atoms. The summed E-state index contributed by atoms with van der Waals surface area (Å²) >= 11 is 0. The summed E-state index contributed by atoms with van der Waals surface area (Å²) in [7, 11) is 0. The van der Waals surface area contributed by atoms with Crippen LogP contribution in [-0.4, -0.2) is 60.1 Å². The van der Waals surface area contributed by atoms with Crippen LogP contribution in [0.4, 0.5) is 0 Å². The molecule has 0 bridgehead atoms. The molecule has 4 heteroatoms. The molecule has 0 saturated carbocycles. The van der Waals surface area contributed by atoms with Crippen LogP contribution < -0.4 is 0 Å². The van der Waals surface area contributed by atoms with Crippen LogP contribution in [0.25, 0.3) is 0 Å². The predicted octanol–water partition coefficient (Wildman–Crippen LogP) is 3.03. The number of amides is 1. The van der Waals surface area contributed by atoms with E-state index in [0.29, 0.717) is 18.4 Å². The van der Waals surface area contributed by atoms with Crippen LogP contribution in [0.2, 0.25) is 0 Å². The molecule has 3 rings (SSSR count). The maximum atomic E-state index is 12.7. The van der Waals surface area contributed by atoms with Crippen LogP contribution in [0.5, 0.6) is 0 Å². The summed E-state index contributed by atoms with van der Waals surface area (Å²) < 4.78 is 5.83. The zero-order valence-electron chi connectivity index (χ0n) is 15.9. The lowest BCUT2D eigenvalue weighted by atomic mass is 10.1. The maximum Gasteiger partial charge on any atom is 0.223 e. The number of likely N-dealkylation sites (tertiary alicyclic amines) is 1. The molecule has 0 N–H and O–H groups in total. The smallest absolute Gasteiger partial charge is 0.223 e. The minimum atomic E-state index is 0.288. The Morgan fingerprint density at radius 1 is 1.16 bits per heavy atom. The van der Waals surface area contributed by atoms with E-state index in [9.17, 15) is 4.79 Å². The van der Waals surface area contributed by atoms with Crippen molar-refractivity contribution in [1.29, 1.82) is 0 Å². The highest BCUT2D eigenvalue weighted by Crippen LogP contribution is 2.22. The second-order valence-electron chi connectivity index (χ2n) is 7.84. The van der Waals surface area contributed by atoms with E-state index in [0.717, 1.165) is 45.4 Å². The molecule has 1 aromatic carbocycles. The molecule has 0 spiro atoms. The Kier molecular flexibility index (Phi) is 6.13. The molecule has 0 aromatic heterocycles. The van der Waals surface area contributed by atoms with Crippen molar-refractivity contribution in [3.8, 4) is 0 Å². The topological polar surface area (TPSA) is 32.8 Å². The Morgan fingerprint density at radius 2 is 1.84 bits per heavy atom. The van der Waals surface area contributed by atoms with Gasteiger partial charge in [0.25, 0.3) is 0 Å². The first kappa shape index (κ1) is 18.4. The van der Waals surface area contributed by atoms with Crippen LogP contribution in [-0.2, 0) is 16.0 Å². The van der Waals surface area contributed by atoms with E-state index in [-0.39, 0.29) is 12.2 Å². The summed E-state index contributed by atoms with van der Waals surface area (Å²) in [4.78, 5) is 17.4. The molecule has 0 aliphatic carbocycles. The predicted molar refractivity (Wildman–Crippen MR) is 101 cm³/mol. The molecule has 1 amide bonds. The first-order valence-corrected chi connectivity index (χ1v) is 9.74. The van der Waals surface area contributed by atoms with Gasteiger partial charge in [0.2, 0.25) is 5.91 Å². The molecule has 3 unspecified atom stereocenters. The third kappa shape index (κ3) is 5.05. The van der Waals surface area contributed by atoms with Gasteiger partial charge in [0, 0.05) is 38.6 Å². The third-order valence-corrected chi connectivity index (χ3v) is 5.41. The Bertz CT molecular complexity index is 562. The summed E-state index contributed by atoms with van der Waals surface area (Å²) in [5, 5.41) is 0. The van der Waals surface area contributed by atoms with Crippen LogP contribution in [0.15, 0.2) is 24.3 Å². The van der Waals surface area contributed by atoms with Crippen molar-refractivity contribution in [1.82, 2.24) is 9.80 Å². The number of nitrogens with zero attached hydrogens (tertiary/aromatic N) is 2. The van der Waals surface area contributed by atoms with Gasteiger partial charge in [0.15, 0.2) is 0 Å². The first-order chi connectivity index (χ1) is 12.0. The third-order valence-electron chi connectivity index (χ3n) is 5.41. The molecule has 2 fully saturated rings. The largest absolute Gasteiger partial charge is 0.373 e. The van der Waals surface area contributed by atoms with E-state index in [4.69, 9.17) is 4.74 Å². The molecule has 2 heterocycles. The lowest BCUT2D eigenvalue weighted by Crippen LogP contribution is -2.50. The van der Waals surface area contributed by atoms with Crippen molar-refractivity contribution >= 4 is 5.91 Å². The van der Waals surface area contributed by atoms with Gasteiger partial charge in [-0.2, -0.15) is 0 Å². The van der Waals surface area contributed by atoms with Crippen LogP contribution >= 0.6 is 0 Å². The molecule has 1 aromatic rings. The summed E-state index contributed by atoms with van der Waals surface area (Å²) in [6.07, 6.45) is 4.31. The number of morpholine rings is 1. The Balaban J connectivity index is 1.51. The molecule has 138 valence electrons. The minimum Gasteiger partial charge on any atom is -0.373 e. The van der Waals surface area contributed by atoms with Crippen molar-refractivity contribution in [2.45, 2.75) is 64.7 Å². The molecule has 2 saturated heterocycles. The Morgan fingerprint density at radius 3 is 2.52 bits per heavy atom. The molecule has 2 aliphatic rings. The first-order valence-electron chi connectivity index (χ1n) is 9.74. The lowest BCUT2D eigenvalue weighted by molar-refractivity contribution is -0.133. The van der Waals surface area contributed by atoms with Crippen LogP contribution in [0, 0.1) is 6.92 Å². The summed E-state index contributed by atoms with van der Waals surface area (Å²) in [5.41, 5.74) is 2.52. The van der Waals surface area contributed by atoms with Gasteiger partial charge in [0.1, 0.15) is 0 Å². The van der Waals surface area contributed by atoms with Crippen LogP contribution in [0.3, 0.4) is 0 Å². The number of hydrogen-bond acceptors (Lipinski definition) is 3. The average Bonchev–Trinajstić information content (AvgIpc) is 3.01. The molecular weight excluding hydrogens is 312 g/mol. The van der Waals surface area contributed by atoms with E-state index < -0.39 is 0 Å². The average molecular weight is 344 g/mol. The highest BCUT2D eigenvalue weighted by atomic mass is 16.5. The number of ether oxygens (including phenoxy) is 1. The standard InChI is InChI=1S/C21H32N2O2/c1-16-6-8-19(9-7-16)10-11-21(24)23-12-4-5-20(23)15-22-13-17(2)25-18(3)14-22/h6-9,17-18,20H,4-5,10-15H2,1-3H3. The number of rotatable bonds is 5. The van der Waals surface area contributed by atoms with E-state index in [1.165, 1.54) is 11.1 Å². The fraction of sp³-hybridized carbons (Fsp3) is 0.667. The Labute approximate surface area is 152 Å². The van der Waals surface area contributed by atoms with Gasteiger partial charge in [-0.05, 0) is 45.6 Å². The van der Waals surface area contributed by atoms with E-state index in [2.05, 4.69) is 54.8 Å². The van der Waals surface area contributed by atoms with Gasteiger partial charge in [-0.3, -0.25) is 9.69 Å². The molecule has 2 aliphatic heterocycles. The second kappa shape index (κ2) is 8.33. The van der Waals surface area contributed by atoms with Crippen molar-refractivity contribution in [2.75, 3.05) is 26.2 Å². The fourth-order valence-corrected chi connectivity index (χ4v) is 4.23. The molecular formula is C21H32N2O2. The zero-order valence-corrected chi connectivity index (χ0v) is 15.9. The number of aryl methyl sites for hydroxylation is 2. The van der Waals surface area contributed by atoms with Gasteiger partial charge in [-0.15, -0.1) is 0 Å². The van der Waals surface area contributed by atoms with Gasteiger partial charge >= 0.3 is 0 Å². The Hall–Kier alpha value is -1.39. The minimum absolute atomic E-state index is 0.288. The summed E-state index contributed by atoms with van der Waals surface area (Å²) in [5.74, 6) is 0.317. The molecule has 0 radical (unpaired) electrons. The highest BCUT2D eigenvalue weighted by molar-refractivity contribution is 5.77. The maximum absolute atomic E-state index is 12.7. The van der Waals surface area contributed by atoms with Crippen molar-refractivity contribution in [2.24, 2.45) is 0 Å². The van der Waals surface area contributed by atoms with Gasteiger partial charge in [0.05, 0.1) is 12.2 Å². The summed E-state index contributed by atoms with van der Waals surface area (Å²) in [6, 6.07) is 8.91. The monoisotopic (exact) mass is 344 g/mol. The lowest BCUT2D eigenvalue weighted by Gasteiger charge is -2.38.